The number of piperidine rings is 2. The van der Waals surface area contributed by atoms with Gasteiger partial charge in [0.05, 0.1) is 0 Å². The molecule has 18 heavy (non-hydrogen) atoms. The maximum absolute atomic E-state index is 12.3. The van der Waals surface area contributed by atoms with Crippen LogP contribution in [0.25, 0.3) is 0 Å². The molecule has 0 aromatic rings. The summed E-state index contributed by atoms with van der Waals surface area (Å²) in [5, 5.41) is 0. The standard InChI is InChI=1S/C13H23N3O2/c1-10-2-6-15(7-3-10)13(18)16-8-4-11(5-9-16)12(14)17/h10-11H,2-9H2,1H3,(H2,14,17). The molecule has 2 aliphatic heterocycles. The van der Waals surface area contributed by atoms with Crippen molar-refractivity contribution in [3.8, 4) is 0 Å². The monoisotopic (exact) mass is 253 g/mol. The van der Waals surface area contributed by atoms with E-state index in [2.05, 4.69) is 6.92 Å². The smallest absolute Gasteiger partial charge is 0.319 e. The largest absolute Gasteiger partial charge is 0.369 e. The number of hydrogen-bond acceptors (Lipinski definition) is 2. The first-order valence-corrected chi connectivity index (χ1v) is 6.91. The number of amides is 3. The van der Waals surface area contributed by atoms with Crippen molar-refractivity contribution in [3.63, 3.8) is 0 Å². The molecule has 0 bridgehead atoms. The second-order valence-electron chi connectivity index (χ2n) is 5.62. The zero-order chi connectivity index (χ0) is 13.1. The average molecular weight is 253 g/mol. The average Bonchev–Trinajstić information content (AvgIpc) is 2.39. The van der Waals surface area contributed by atoms with Gasteiger partial charge < -0.3 is 15.5 Å². The van der Waals surface area contributed by atoms with Crippen molar-refractivity contribution >= 4 is 11.9 Å². The van der Waals surface area contributed by atoms with Crippen LogP contribution >= 0.6 is 0 Å². The second kappa shape index (κ2) is 5.59. The van der Waals surface area contributed by atoms with Crippen LogP contribution in [-0.4, -0.2) is 47.9 Å². The first-order chi connectivity index (χ1) is 8.58. The molecule has 2 heterocycles. The van der Waals surface area contributed by atoms with Crippen molar-refractivity contribution < 1.29 is 9.59 Å². The first-order valence-electron chi connectivity index (χ1n) is 6.91. The van der Waals surface area contributed by atoms with E-state index in [4.69, 9.17) is 5.73 Å². The van der Waals surface area contributed by atoms with E-state index < -0.39 is 0 Å². The van der Waals surface area contributed by atoms with Crippen LogP contribution in [0.2, 0.25) is 0 Å². The minimum absolute atomic E-state index is 0.0459. The highest BCUT2D eigenvalue weighted by Gasteiger charge is 2.29. The maximum Gasteiger partial charge on any atom is 0.319 e. The summed E-state index contributed by atoms with van der Waals surface area (Å²) in [7, 11) is 0. The van der Waals surface area contributed by atoms with Gasteiger partial charge in [-0.1, -0.05) is 6.92 Å². The van der Waals surface area contributed by atoms with Crippen molar-refractivity contribution in [2.45, 2.75) is 32.6 Å². The van der Waals surface area contributed by atoms with E-state index in [1.54, 1.807) is 0 Å². The highest BCUT2D eigenvalue weighted by atomic mass is 16.2. The minimum atomic E-state index is -0.228. The summed E-state index contributed by atoms with van der Waals surface area (Å²) in [5.74, 6) is 0.457. The van der Waals surface area contributed by atoms with Gasteiger partial charge in [0, 0.05) is 32.1 Å². The predicted octanol–water partition coefficient (Wildman–Crippen LogP) is 1.04. The lowest BCUT2D eigenvalue weighted by Crippen LogP contribution is -2.50. The van der Waals surface area contributed by atoms with Gasteiger partial charge >= 0.3 is 6.03 Å². The van der Waals surface area contributed by atoms with E-state index in [1.165, 1.54) is 0 Å². The predicted molar refractivity (Wildman–Crippen MR) is 68.9 cm³/mol. The second-order valence-corrected chi connectivity index (χ2v) is 5.62. The fourth-order valence-corrected chi connectivity index (χ4v) is 2.76. The summed E-state index contributed by atoms with van der Waals surface area (Å²) in [5.41, 5.74) is 5.29. The van der Waals surface area contributed by atoms with Crippen LogP contribution in [0, 0.1) is 11.8 Å². The fourth-order valence-electron chi connectivity index (χ4n) is 2.76. The highest BCUT2D eigenvalue weighted by molar-refractivity contribution is 5.78. The maximum atomic E-state index is 12.3. The van der Waals surface area contributed by atoms with Crippen LogP contribution in [-0.2, 0) is 4.79 Å². The molecule has 0 atom stereocenters. The van der Waals surface area contributed by atoms with Gasteiger partial charge in [-0.05, 0) is 31.6 Å². The Morgan fingerprint density at radius 3 is 1.83 bits per heavy atom. The quantitative estimate of drug-likeness (QED) is 0.758. The SMILES string of the molecule is CC1CCN(C(=O)N2CCC(C(N)=O)CC2)CC1. The third kappa shape index (κ3) is 2.94. The molecule has 2 N–H and O–H groups in total. The van der Waals surface area contributed by atoms with E-state index in [9.17, 15) is 9.59 Å². The lowest BCUT2D eigenvalue weighted by atomic mass is 9.96. The van der Waals surface area contributed by atoms with Crippen molar-refractivity contribution in [1.29, 1.82) is 0 Å². The summed E-state index contributed by atoms with van der Waals surface area (Å²) in [6.07, 6.45) is 3.63. The molecular formula is C13H23N3O2. The van der Waals surface area contributed by atoms with E-state index in [0.29, 0.717) is 25.9 Å². The molecule has 0 spiro atoms. The molecule has 0 unspecified atom stereocenters. The molecule has 2 fully saturated rings. The number of primary amides is 1. The Labute approximate surface area is 108 Å². The minimum Gasteiger partial charge on any atom is -0.369 e. The molecule has 0 aromatic carbocycles. The zero-order valence-electron chi connectivity index (χ0n) is 11.1. The Hall–Kier alpha value is -1.26. The molecule has 2 saturated heterocycles. The fraction of sp³-hybridized carbons (Fsp3) is 0.846. The van der Waals surface area contributed by atoms with E-state index in [1.807, 2.05) is 9.80 Å². The van der Waals surface area contributed by atoms with Crippen molar-refractivity contribution in [1.82, 2.24) is 9.80 Å². The zero-order valence-corrected chi connectivity index (χ0v) is 11.1. The lowest BCUT2D eigenvalue weighted by molar-refractivity contribution is -0.123. The topological polar surface area (TPSA) is 66.6 Å². The third-order valence-corrected chi connectivity index (χ3v) is 4.22. The summed E-state index contributed by atoms with van der Waals surface area (Å²) < 4.78 is 0. The molecule has 0 saturated carbocycles. The summed E-state index contributed by atoms with van der Waals surface area (Å²) in [4.78, 5) is 27.2. The molecule has 0 aliphatic carbocycles. The van der Waals surface area contributed by atoms with Crippen LogP contribution in [0.5, 0.6) is 0 Å². The molecule has 0 aromatic heterocycles. The molecule has 0 radical (unpaired) electrons. The Morgan fingerprint density at radius 2 is 1.39 bits per heavy atom. The Balaban J connectivity index is 1.82. The van der Waals surface area contributed by atoms with Gasteiger partial charge in [-0.15, -0.1) is 0 Å². The summed E-state index contributed by atoms with van der Waals surface area (Å²) in [6, 6.07) is 0.143. The van der Waals surface area contributed by atoms with E-state index in [0.717, 1.165) is 31.8 Å². The van der Waals surface area contributed by atoms with Gasteiger partial charge in [0.15, 0.2) is 0 Å². The molecule has 2 rings (SSSR count). The van der Waals surface area contributed by atoms with Gasteiger partial charge in [0.1, 0.15) is 0 Å². The van der Waals surface area contributed by atoms with E-state index >= 15 is 0 Å². The summed E-state index contributed by atoms with van der Waals surface area (Å²) >= 11 is 0. The van der Waals surface area contributed by atoms with Crippen LogP contribution in [0.1, 0.15) is 32.6 Å². The Kier molecular flexibility index (Phi) is 4.09. The number of carbonyl (C=O) groups is 2. The highest BCUT2D eigenvalue weighted by Crippen LogP contribution is 2.21. The van der Waals surface area contributed by atoms with Crippen LogP contribution in [0.15, 0.2) is 0 Å². The van der Waals surface area contributed by atoms with Gasteiger partial charge in [0.2, 0.25) is 5.91 Å². The number of rotatable bonds is 1. The number of nitrogens with two attached hydrogens (primary N) is 1. The van der Waals surface area contributed by atoms with Crippen LogP contribution < -0.4 is 5.73 Å². The van der Waals surface area contributed by atoms with Gasteiger partial charge in [-0.25, -0.2) is 4.79 Å². The first kappa shape index (κ1) is 13.2. The molecule has 2 aliphatic rings. The van der Waals surface area contributed by atoms with Crippen molar-refractivity contribution in [3.05, 3.63) is 0 Å². The number of nitrogens with zero attached hydrogens (tertiary/aromatic N) is 2. The molecule has 5 heteroatoms. The summed E-state index contributed by atoms with van der Waals surface area (Å²) in [6.45, 7) is 5.31. The third-order valence-electron chi connectivity index (χ3n) is 4.22. The molecule has 5 nitrogen and oxygen atoms in total. The van der Waals surface area contributed by atoms with Gasteiger partial charge in [-0.3, -0.25) is 4.79 Å². The number of urea groups is 1. The lowest BCUT2D eigenvalue weighted by Gasteiger charge is -2.37. The van der Waals surface area contributed by atoms with E-state index in [-0.39, 0.29) is 17.9 Å². The number of carbonyl (C=O) groups excluding carboxylic acids is 2. The Bertz CT molecular complexity index is 316. The molecule has 102 valence electrons. The number of hydrogen-bond donors (Lipinski definition) is 1. The van der Waals surface area contributed by atoms with Gasteiger partial charge in [0.25, 0.3) is 0 Å². The molecular weight excluding hydrogens is 230 g/mol. The van der Waals surface area contributed by atoms with Gasteiger partial charge in [-0.2, -0.15) is 0 Å². The van der Waals surface area contributed by atoms with Crippen LogP contribution in [0.4, 0.5) is 4.79 Å². The normalized spacial score (nSPS) is 23.2. The molecule has 3 amide bonds. The van der Waals surface area contributed by atoms with Crippen LogP contribution in [0.3, 0.4) is 0 Å². The van der Waals surface area contributed by atoms with Crippen molar-refractivity contribution in [2.24, 2.45) is 17.6 Å². The van der Waals surface area contributed by atoms with Crippen molar-refractivity contribution in [2.75, 3.05) is 26.2 Å². The number of likely N-dealkylation sites (tertiary alicyclic amines) is 2. The Morgan fingerprint density at radius 1 is 0.944 bits per heavy atom.